The van der Waals surface area contributed by atoms with Crippen LogP contribution in [0, 0.1) is 20.8 Å². The van der Waals surface area contributed by atoms with E-state index in [2.05, 4.69) is 4.98 Å². The summed E-state index contributed by atoms with van der Waals surface area (Å²) in [4.78, 5) is 3.83. The van der Waals surface area contributed by atoms with Crippen LogP contribution < -0.4 is 9.88 Å². The van der Waals surface area contributed by atoms with Crippen molar-refractivity contribution in [2.24, 2.45) is 5.14 Å². The molecule has 5 nitrogen and oxygen atoms in total. The molecule has 0 aliphatic rings. The fourth-order valence-corrected chi connectivity index (χ4v) is 2.49. The van der Waals surface area contributed by atoms with Crippen molar-refractivity contribution in [3.05, 3.63) is 47.2 Å². The summed E-state index contributed by atoms with van der Waals surface area (Å²) in [7, 11) is -3.87. The molecule has 2 aromatic rings. The molecule has 0 fully saturated rings. The van der Waals surface area contributed by atoms with Crippen molar-refractivity contribution >= 4 is 10.0 Å². The van der Waals surface area contributed by atoms with E-state index in [9.17, 15) is 8.42 Å². The molecule has 0 unspecified atom stereocenters. The highest BCUT2D eigenvalue weighted by Gasteiger charge is 2.17. The van der Waals surface area contributed by atoms with Crippen molar-refractivity contribution in [1.82, 2.24) is 4.98 Å². The number of sulfonamides is 1. The first-order chi connectivity index (χ1) is 9.29. The molecule has 0 atom stereocenters. The van der Waals surface area contributed by atoms with Gasteiger partial charge in [0, 0.05) is 6.20 Å². The van der Waals surface area contributed by atoms with Crippen LogP contribution in [-0.2, 0) is 10.0 Å². The van der Waals surface area contributed by atoms with Gasteiger partial charge in [0.2, 0.25) is 15.9 Å². The van der Waals surface area contributed by atoms with E-state index >= 15 is 0 Å². The third-order valence-corrected chi connectivity index (χ3v) is 3.94. The first-order valence-electron chi connectivity index (χ1n) is 6.02. The van der Waals surface area contributed by atoms with Crippen LogP contribution in [0.25, 0.3) is 0 Å². The molecule has 2 rings (SSSR count). The number of primary sulfonamides is 1. The molecule has 0 bridgehead atoms. The number of aromatic nitrogens is 1. The van der Waals surface area contributed by atoms with Gasteiger partial charge in [-0.3, -0.25) is 0 Å². The second-order valence-electron chi connectivity index (χ2n) is 4.66. The van der Waals surface area contributed by atoms with E-state index in [0.29, 0.717) is 5.75 Å². The molecule has 20 heavy (non-hydrogen) atoms. The van der Waals surface area contributed by atoms with Crippen LogP contribution in [0.5, 0.6) is 11.6 Å². The van der Waals surface area contributed by atoms with Gasteiger partial charge in [-0.25, -0.2) is 18.5 Å². The Hall–Kier alpha value is -1.92. The van der Waals surface area contributed by atoms with Crippen molar-refractivity contribution in [2.75, 3.05) is 0 Å². The first-order valence-corrected chi connectivity index (χ1v) is 7.57. The SMILES string of the molecule is Cc1cc(C)c(C)c(Oc2ncccc2S(N)(=O)=O)c1. The van der Waals surface area contributed by atoms with E-state index in [0.717, 1.165) is 16.7 Å². The van der Waals surface area contributed by atoms with E-state index in [1.165, 1.54) is 18.3 Å². The van der Waals surface area contributed by atoms with Gasteiger partial charge in [-0.1, -0.05) is 6.07 Å². The zero-order valence-electron chi connectivity index (χ0n) is 11.5. The smallest absolute Gasteiger partial charge is 0.243 e. The topological polar surface area (TPSA) is 82.3 Å². The van der Waals surface area contributed by atoms with E-state index < -0.39 is 10.0 Å². The van der Waals surface area contributed by atoms with Crippen molar-refractivity contribution in [1.29, 1.82) is 0 Å². The lowest BCUT2D eigenvalue weighted by Crippen LogP contribution is -2.13. The molecular formula is C14H16N2O3S. The third-order valence-electron chi connectivity index (χ3n) is 3.01. The van der Waals surface area contributed by atoms with Crippen molar-refractivity contribution < 1.29 is 13.2 Å². The molecule has 0 saturated heterocycles. The first kappa shape index (κ1) is 14.5. The molecule has 0 saturated carbocycles. The van der Waals surface area contributed by atoms with Crippen LogP contribution >= 0.6 is 0 Å². The molecule has 2 N–H and O–H groups in total. The van der Waals surface area contributed by atoms with Crippen LogP contribution in [-0.4, -0.2) is 13.4 Å². The average molecular weight is 292 g/mol. The Bertz CT molecular complexity index is 755. The lowest BCUT2D eigenvalue weighted by Gasteiger charge is -2.13. The van der Waals surface area contributed by atoms with Gasteiger partial charge in [0.15, 0.2) is 0 Å². The number of rotatable bonds is 3. The van der Waals surface area contributed by atoms with E-state index in [1.807, 2.05) is 32.9 Å². The number of pyridine rings is 1. The number of aryl methyl sites for hydroxylation is 2. The standard InChI is InChI=1S/C14H16N2O3S/c1-9-7-10(2)11(3)12(8-9)19-14-13(20(15,17)18)5-4-6-16-14/h4-8H,1-3H3,(H2,15,17,18). The Kier molecular flexibility index (Phi) is 3.78. The largest absolute Gasteiger partial charge is 0.437 e. The number of ether oxygens (including phenoxy) is 1. The molecule has 1 heterocycles. The highest BCUT2D eigenvalue weighted by Crippen LogP contribution is 2.30. The van der Waals surface area contributed by atoms with Gasteiger partial charge in [0.05, 0.1) is 0 Å². The molecule has 1 aromatic heterocycles. The van der Waals surface area contributed by atoms with Crippen LogP contribution in [0.3, 0.4) is 0 Å². The Labute approximate surface area is 118 Å². The van der Waals surface area contributed by atoms with E-state index in [4.69, 9.17) is 9.88 Å². The van der Waals surface area contributed by atoms with Crippen molar-refractivity contribution in [2.45, 2.75) is 25.7 Å². The zero-order valence-corrected chi connectivity index (χ0v) is 12.4. The minimum absolute atomic E-state index is 0.0110. The molecule has 0 aliphatic heterocycles. The quantitative estimate of drug-likeness (QED) is 0.942. The highest BCUT2D eigenvalue weighted by atomic mass is 32.2. The van der Waals surface area contributed by atoms with E-state index in [-0.39, 0.29) is 10.8 Å². The monoisotopic (exact) mass is 292 g/mol. The summed E-state index contributed by atoms with van der Waals surface area (Å²) in [6.45, 7) is 5.82. The maximum absolute atomic E-state index is 11.5. The van der Waals surface area contributed by atoms with E-state index in [1.54, 1.807) is 0 Å². The summed E-state index contributed by atoms with van der Waals surface area (Å²) in [5.74, 6) is 0.564. The fourth-order valence-electron chi connectivity index (χ4n) is 1.88. The number of hydrogen-bond donors (Lipinski definition) is 1. The number of nitrogens with two attached hydrogens (primary N) is 1. The fraction of sp³-hybridized carbons (Fsp3) is 0.214. The summed E-state index contributed by atoms with van der Waals surface area (Å²) in [6.07, 6.45) is 1.46. The minimum atomic E-state index is -3.87. The number of hydrogen-bond acceptors (Lipinski definition) is 4. The summed E-state index contributed by atoms with van der Waals surface area (Å²) >= 11 is 0. The molecule has 0 aliphatic carbocycles. The molecular weight excluding hydrogens is 276 g/mol. The van der Waals surface area contributed by atoms with Crippen LogP contribution in [0.4, 0.5) is 0 Å². The molecule has 1 aromatic carbocycles. The van der Waals surface area contributed by atoms with Gasteiger partial charge in [0.25, 0.3) is 0 Å². The summed E-state index contributed by atoms with van der Waals surface area (Å²) < 4.78 is 28.7. The zero-order chi connectivity index (χ0) is 14.9. The number of nitrogens with zero attached hydrogens (tertiary/aromatic N) is 1. The molecule has 6 heteroatoms. The predicted octanol–water partition coefficient (Wildman–Crippen LogP) is 2.45. The molecule has 0 amide bonds. The maximum atomic E-state index is 11.5. The Morgan fingerprint density at radius 2 is 1.90 bits per heavy atom. The Morgan fingerprint density at radius 1 is 1.20 bits per heavy atom. The average Bonchev–Trinajstić information content (AvgIpc) is 2.34. The Balaban J connectivity index is 2.52. The van der Waals surface area contributed by atoms with Gasteiger partial charge in [-0.15, -0.1) is 0 Å². The Morgan fingerprint density at radius 3 is 2.55 bits per heavy atom. The van der Waals surface area contributed by atoms with Gasteiger partial charge in [0.1, 0.15) is 10.6 Å². The summed E-state index contributed by atoms with van der Waals surface area (Å²) in [6, 6.07) is 6.74. The second-order valence-corrected chi connectivity index (χ2v) is 6.19. The molecule has 0 radical (unpaired) electrons. The van der Waals surface area contributed by atoms with Crippen LogP contribution in [0.15, 0.2) is 35.4 Å². The lowest BCUT2D eigenvalue weighted by molar-refractivity contribution is 0.443. The van der Waals surface area contributed by atoms with Crippen LogP contribution in [0.1, 0.15) is 16.7 Å². The van der Waals surface area contributed by atoms with Gasteiger partial charge in [-0.2, -0.15) is 0 Å². The predicted molar refractivity (Wildman–Crippen MR) is 76.3 cm³/mol. The van der Waals surface area contributed by atoms with Gasteiger partial charge >= 0.3 is 0 Å². The van der Waals surface area contributed by atoms with Crippen molar-refractivity contribution in [3.8, 4) is 11.6 Å². The van der Waals surface area contributed by atoms with Crippen molar-refractivity contribution in [3.63, 3.8) is 0 Å². The molecule has 106 valence electrons. The molecule has 0 spiro atoms. The van der Waals surface area contributed by atoms with Gasteiger partial charge in [-0.05, 0) is 55.7 Å². The highest BCUT2D eigenvalue weighted by molar-refractivity contribution is 7.89. The maximum Gasteiger partial charge on any atom is 0.243 e. The lowest BCUT2D eigenvalue weighted by atomic mass is 10.1. The third kappa shape index (κ3) is 2.97. The van der Waals surface area contributed by atoms with Crippen LogP contribution in [0.2, 0.25) is 0 Å². The summed E-state index contributed by atoms with van der Waals surface area (Å²) in [5, 5.41) is 5.16. The minimum Gasteiger partial charge on any atom is -0.437 e. The number of benzene rings is 1. The summed E-state index contributed by atoms with van der Waals surface area (Å²) in [5.41, 5.74) is 3.02. The van der Waals surface area contributed by atoms with Gasteiger partial charge < -0.3 is 4.74 Å². The second kappa shape index (κ2) is 5.22. The normalized spacial score (nSPS) is 11.4.